The van der Waals surface area contributed by atoms with E-state index in [2.05, 4.69) is 47.0 Å². The van der Waals surface area contributed by atoms with Crippen LogP contribution in [0.25, 0.3) is 11.0 Å². The van der Waals surface area contributed by atoms with E-state index in [9.17, 15) is 9.90 Å². The number of ether oxygens (including phenoxy) is 1. The van der Waals surface area contributed by atoms with Crippen molar-refractivity contribution in [2.24, 2.45) is 0 Å². The van der Waals surface area contributed by atoms with Gasteiger partial charge in [-0.3, -0.25) is 4.79 Å². The molecule has 0 radical (unpaired) electrons. The topological polar surface area (TPSA) is 64.4 Å². The van der Waals surface area contributed by atoms with Crippen molar-refractivity contribution in [1.82, 2.24) is 9.55 Å². The van der Waals surface area contributed by atoms with Gasteiger partial charge in [0.1, 0.15) is 24.3 Å². The monoisotopic (exact) mass is 646 g/mol. The molecule has 1 aliphatic carbocycles. The van der Waals surface area contributed by atoms with Crippen LogP contribution in [0.3, 0.4) is 0 Å². The predicted molar refractivity (Wildman–Crippen MR) is 183 cm³/mol. The summed E-state index contributed by atoms with van der Waals surface area (Å²) in [6.07, 6.45) is 1.03. The fourth-order valence-corrected chi connectivity index (χ4v) is 6.30. The first-order chi connectivity index (χ1) is 22.4. The van der Waals surface area contributed by atoms with Crippen LogP contribution in [0, 0.1) is 0 Å². The third-order valence-electron chi connectivity index (χ3n) is 8.55. The van der Waals surface area contributed by atoms with Gasteiger partial charge in [-0.05, 0) is 83.6 Å². The number of hydrogen-bond acceptors (Lipinski definition) is 4. The molecule has 46 heavy (non-hydrogen) atoms. The van der Waals surface area contributed by atoms with Gasteiger partial charge >= 0.3 is 0 Å². The number of fused-ring (bicyclic) bond motifs is 1. The van der Waals surface area contributed by atoms with Gasteiger partial charge in [-0.15, -0.1) is 0 Å². The molecule has 0 amide bonds. The number of carbonyl (C=O) groups excluding carboxylic acids is 1. The summed E-state index contributed by atoms with van der Waals surface area (Å²) in [4.78, 5) is 18.1. The Morgan fingerprint density at radius 3 is 2.09 bits per heavy atom. The summed E-state index contributed by atoms with van der Waals surface area (Å²) in [5.74, 6) is 1.72. The summed E-state index contributed by atoms with van der Waals surface area (Å²) in [7, 11) is 0. The Labute approximate surface area is 278 Å². The lowest BCUT2D eigenvalue weighted by Gasteiger charge is -2.20. The van der Waals surface area contributed by atoms with Crippen LogP contribution in [0.15, 0.2) is 121 Å². The zero-order chi connectivity index (χ0) is 31.6. The minimum atomic E-state index is -1.23. The molecule has 0 bridgehead atoms. The third kappa shape index (κ3) is 6.45. The molecule has 1 unspecified atom stereocenters. The Morgan fingerprint density at radius 1 is 0.783 bits per heavy atom. The van der Waals surface area contributed by atoms with E-state index in [0.29, 0.717) is 46.0 Å². The Kier molecular flexibility index (Phi) is 8.63. The van der Waals surface area contributed by atoms with Gasteiger partial charge in [-0.25, -0.2) is 4.98 Å². The maximum atomic E-state index is 13.0. The lowest BCUT2D eigenvalue weighted by atomic mass is 9.85. The van der Waals surface area contributed by atoms with Crippen LogP contribution in [0.2, 0.25) is 10.0 Å². The van der Waals surface area contributed by atoms with Gasteiger partial charge in [-0.1, -0.05) is 96.0 Å². The smallest absolute Gasteiger partial charge is 0.195 e. The second kappa shape index (κ2) is 13.1. The predicted octanol–water partition coefficient (Wildman–Crippen LogP) is 9.40. The van der Waals surface area contributed by atoms with Crippen LogP contribution < -0.4 is 4.74 Å². The van der Waals surface area contributed by atoms with Crippen LogP contribution >= 0.6 is 23.2 Å². The van der Waals surface area contributed by atoms with Crippen molar-refractivity contribution in [2.75, 3.05) is 6.61 Å². The first kappa shape index (κ1) is 30.2. The second-order valence-corrected chi connectivity index (χ2v) is 12.6. The number of aromatic nitrogens is 2. The van der Waals surface area contributed by atoms with Crippen molar-refractivity contribution in [3.63, 3.8) is 0 Å². The summed E-state index contributed by atoms with van der Waals surface area (Å²) in [6, 6.07) is 38.5. The number of carbonyl (C=O) groups is 1. The van der Waals surface area contributed by atoms with Gasteiger partial charge in [0, 0.05) is 27.4 Å². The molecule has 1 atom stereocenters. The number of aliphatic hydroxyl groups is 1. The minimum Gasteiger partial charge on any atom is -0.492 e. The maximum absolute atomic E-state index is 13.0. The van der Waals surface area contributed by atoms with E-state index >= 15 is 0 Å². The first-order valence-corrected chi connectivity index (χ1v) is 16.2. The average molecular weight is 648 g/mol. The van der Waals surface area contributed by atoms with E-state index in [1.807, 2.05) is 36.4 Å². The van der Waals surface area contributed by atoms with E-state index < -0.39 is 6.10 Å². The molecule has 1 heterocycles. The van der Waals surface area contributed by atoms with Crippen molar-refractivity contribution in [1.29, 1.82) is 0 Å². The summed E-state index contributed by atoms with van der Waals surface area (Å²) in [5.41, 5.74) is 6.40. The van der Waals surface area contributed by atoms with Gasteiger partial charge in [0.15, 0.2) is 5.78 Å². The van der Waals surface area contributed by atoms with Gasteiger partial charge < -0.3 is 14.4 Å². The van der Waals surface area contributed by atoms with Crippen LogP contribution in [-0.2, 0) is 6.54 Å². The fraction of sp³-hybridized carbons (Fsp3) is 0.179. The Morgan fingerprint density at radius 2 is 1.43 bits per heavy atom. The van der Waals surface area contributed by atoms with Crippen LogP contribution in [0.1, 0.15) is 69.2 Å². The molecule has 1 saturated carbocycles. The molecule has 7 rings (SSSR count). The molecule has 0 aliphatic heterocycles. The number of ketones is 1. The van der Waals surface area contributed by atoms with Gasteiger partial charge in [0.2, 0.25) is 0 Å². The van der Waals surface area contributed by atoms with Crippen molar-refractivity contribution < 1.29 is 14.6 Å². The largest absolute Gasteiger partial charge is 0.492 e. The molecule has 230 valence electrons. The fourth-order valence-electron chi connectivity index (χ4n) is 6.05. The summed E-state index contributed by atoms with van der Waals surface area (Å²) in [5, 5.41) is 12.0. The SMILES string of the molecule is O=C(c1cccc(OCCn2c(C3CC3)nc3ccc(C(c4ccc(Cl)cc4)c4ccc(Cl)cc4)cc32)c1)C(O)c1ccccc1. The summed E-state index contributed by atoms with van der Waals surface area (Å²) < 4.78 is 8.47. The van der Waals surface area contributed by atoms with E-state index in [-0.39, 0.29) is 11.7 Å². The summed E-state index contributed by atoms with van der Waals surface area (Å²) >= 11 is 12.5. The maximum Gasteiger partial charge on any atom is 0.195 e. The highest BCUT2D eigenvalue weighted by Gasteiger charge is 2.30. The van der Waals surface area contributed by atoms with Gasteiger partial charge in [0.25, 0.3) is 0 Å². The van der Waals surface area contributed by atoms with Crippen molar-refractivity contribution in [3.05, 3.63) is 165 Å². The Bertz CT molecular complexity index is 1940. The number of hydrogen-bond donors (Lipinski definition) is 1. The van der Waals surface area contributed by atoms with Crippen LogP contribution in [0.4, 0.5) is 0 Å². The van der Waals surface area contributed by atoms with E-state index in [1.54, 1.807) is 42.5 Å². The molecule has 5 nitrogen and oxygen atoms in total. The van der Waals surface area contributed by atoms with Crippen LogP contribution in [-0.4, -0.2) is 27.0 Å². The molecule has 1 aliphatic rings. The van der Waals surface area contributed by atoms with E-state index in [1.165, 1.54) is 0 Å². The molecule has 7 heteroatoms. The lowest BCUT2D eigenvalue weighted by Crippen LogP contribution is -2.13. The highest BCUT2D eigenvalue weighted by Crippen LogP contribution is 2.42. The average Bonchev–Trinajstić information content (AvgIpc) is 3.88. The summed E-state index contributed by atoms with van der Waals surface area (Å²) in [6.45, 7) is 0.995. The third-order valence-corrected chi connectivity index (χ3v) is 9.05. The Balaban J connectivity index is 1.16. The van der Waals surface area contributed by atoms with E-state index in [4.69, 9.17) is 32.9 Å². The number of benzene rings is 5. The van der Waals surface area contributed by atoms with Gasteiger partial charge in [0.05, 0.1) is 17.6 Å². The minimum absolute atomic E-state index is 0.0191. The van der Waals surface area contributed by atoms with Gasteiger partial charge in [-0.2, -0.15) is 0 Å². The molecule has 0 saturated heterocycles. The second-order valence-electron chi connectivity index (χ2n) is 11.7. The zero-order valence-electron chi connectivity index (χ0n) is 25.0. The molecule has 1 aromatic heterocycles. The number of Topliss-reactive ketones (excluding diaryl/α,β-unsaturated/α-hetero) is 1. The van der Waals surface area contributed by atoms with Crippen molar-refractivity contribution in [2.45, 2.75) is 37.3 Å². The normalized spacial score (nSPS) is 13.7. The highest BCUT2D eigenvalue weighted by atomic mass is 35.5. The zero-order valence-corrected chi connectivity index (χ0v) is 26.5. The van der Waals surface area contributed by atoms with E-state index in [0.717, 1.165) is 46.4 Å². The molecule has 1 fully saturated rings. The molecular weight excluding hydrogens is 615 g/mol. The quantitative estimate of drug-likeness (QED) is 0.112. The molecular formula is C39H32Cl2N2O3. The highest BCUT2D eigenvalue weighted by molar-refractivity contribution is 6.30. The number of halogens is 2. The molecule has 1 N–H and O–H groups in total. The number of nitrogens with zero attached hydrogens (tertiary/aromatic N) is 2. The van der Waals surface area contributed by atoms with Crippen molar-refractivity contribution >= 4 is 40.0 Å². The van der Waals surface area contributed by atoms with Crippen LogP contribution in [0.5, 0.6) is 5.75 Å². The Hall–Kier alpha value is -4.42. The first-order valence-electron chi connectivity index (χ1n) is 15.5. The molecule has 5 aromatic carbocycles. The number of imidazole rings is 1. The van der Waals surface area contributed by atoms with Crippen molar-refractivity contribution in [3.8, 4) is 5.75 Å². The lowest BCUT2D eigenvalue weighted by molar-refractivity contribution is 0.0747. The standard InChI is InChI=1S/C39H32Cl2N2O3/c40-31-16-11-25(12-17-31)36(26-13-18-32(41)19-14-26)29-15-20-34-35(24-29)43(39(42-34)28-9-10-28)21-22-46-33-8-4-7-30(23-33)38(45)37(44)27-5-2-1-3-6-27/h1-8,11-20,23-24,28,36-37,44H,9-10,21-22H2. The number of rotatable bonds is 11. The molecule has 6 aromatic rings. The molecule has 0 spiro atoms. The number of aliphatic hydroxyl groups excluding tert-OH is 1.